The van der Waals surface area contributed by atoms with Crippen LogP contribution in [0.15, 0.2) is 24.3 Å². The van der Waals surface area contributed by atoms with E-state index in [9.17, 15) is 0 Å². The van der Waals surface area contributed by atoms with Gasteiger partial charge in [-0.2, -0.15) is 0 Å². The lowest BCUT2D eigenvalue weighted by atomic mass is 10.2. The molecule has 6 heteroatoms. The molecule has 21 heavy (non-hydrogen) atoms. The van der Waals surface area contributed by atoms with Crippen molar-refractivity contribution in [3.8, 4) is 0 Å². The maximum Gasteiger partial charge on any atom is 0.325 e. The summed E-state index contributed by atoms with van der Waals surface area (Å²) in [6.45, 7) is 14.6. The van der Waals surface area contributed by atoms with Crippen LogP contribution in [0.3, 0.4) is 0 Å². The Labute approximate surface area is 134 Å². The van der Waals surface area contributed by atoms with Crippen molar-refractivity contribution in [1.29, 1.82) is 0 Å². The highest BCUT2D eigenvalue weighted by molar-refractivity contribution is 6.99. The van der Waals surface area contributed by atoms with Gasteiger partial charge in [-0.15, -0.1) is 0 Å². The van der Waals surface area contributed by atoms with Gasteiger partial charge >= 0.3 is 9.28 Å². The fraction of sp³-hybridized carbons (Fsp3) is 0.600. The second-order valence-electron chi connectivity index (χ2n) is 7.45. The highest BCUT2D eigenvalue weighted by Gasteiger charge is 2.34. The lowest BCUT2D eigenvalue weighted by molar-refractivity contribution is 0.277. The number of nitrogens with zero attached hydrogens (tertiary/aromatic N) is 1. The van der Waals surface area contributed by atoms with Crippen molar-refractivity contribution in [2.45, 2.75) is 45.3 Å². The predicted molar refractivity (Wildman–Crippen MR) is 100 cm³/mol. The largest absolute Gasteiger partial charge is 0.425 e. The van der Waals surface area contributed by atoms with Crippen molar-refractivity contribution < 1.29 is 8.85 Å². The highest BCUT2D eigenvalue weighted by atomic mass is 28.4. The lowest BCUT2D eigenvalue weighted by Gasteiger charge is -2.46. The van der Waals surface area contributed by atoms with Gasteiger partial charge in [-0.25, -0.2) is 0 Å². The highest BCUT2D eigenvalue weighted by Crippen LogP contribution is 2.28. The molecule has 0 saturated heterocycles. The van der Waals surface area contributed by atoms with Gasteiger partial charge in [0.05, 0.1) is 0 Å². The van der Waals surface area contributed by atoms with Gasteiger partial charge in [0.1, 0.15) is 16.5 Å². The van der Waals surface area contributed by atoms with Crippen LogP contribution in [0.1, 0.15) is 5.56 Å². The molecule has 0 aliphatic rings. The third-order valence-corrected chi connectivity index (χ3v) is 12.5. The van der Waals surface area contributed by atoms with E-state index in [0.29, 0.717) is 0 Å². The number of hydrogen-bond acceptors (Lipinski definition) is 3. The van der Waals surface area contributed by atoms with Crippen LogP contribution in [-0.2, 0) is 14.9 Å². The minimum atomic E-state index is -1.52. The van der Waals surface area contributed by atoms with E-state index in [2.05, 4.69) is 67.8 Å². The Balaban J connectivity index is 2.99. The van der Waals surface area contributed by atoms with Crippen molar-refractivity contribution >= 4 is 31.4 Å². The summed E-state index contributed by atoms with van der Waals surface area (Å²) in [5.41, 5.74) is 2.69. The number of hydrogen-bond donors (Lipinski definition) is 0. The lowest BCUT2D eigenvalue weighted by Crippen LogP contribution is -2.59. The zero-order valence-corrected chi connectivity index (χ0v) is 18.0. The summed E-state index contributed by atoms with van der Waals surface area (Å²) in [7, 11) is -0.780. The molecule has 0 fully saturated rings. The van der Waals surface area contributed by atoms with Gasteiger partial charge in [0.25, 0.3) is 0 Å². The van der Waals surface area contributed by atoms with E-state index < -0.39 is 25.8 Å². The van der Waals surface area contributed by atoms with E-state index >= 15 is 0 Å². The second kappa shape index (κ2) is 7.24. The maximum absolute atomic E-state index is 5.41. The van der Waals surface area contributed by atoms with Gasteiger partial charge in [-0.3, -0.25) is 0 Å². The third-order valence-electron chi connectivity index (χ3n) is 3.46. The van der Waals surface area contributed by atoms with Crippen LogP contribution in [0.25, 0.3) is 0 Å². The van der Waals surface area contributed by atoms with Crippen molar-refractivity contribution in [2.24, 2.45) is 0 Å². The normalized spacial score (nSPS) is 12.8. The van der Waals surface area contributed by atoms with E-state index in [1.54, 1.807) is 14.2 Å². The molecule has 1 aromatic carbocycles. The van der Waals surface area contributed by atoms with E-state index in [1.807, 2.05) is 0 Å². The molecule has 0 amide bonds. The van der Waals surface area contributed by atoms with Crippen LogP contribution in [0.4, 0.5) is 5.69 Å². The molecule has 0 aromatic heterocycles. The molecule has 1 aromatic rings. The Morgan fingerprint density at radius 2 is 1.29 bits per heavy atom. The first kappa shape index (κ1) is 18.6. The molecule has 120 valence electrons. The van der Waals surface area contributed by atoms with Crippen LogP contribution in [0.2, 0.25) is 39.3 Å². The van der Waals surface area contributed by atoms with E-state index in [1.165, 1.54) is 11.3 Å². The SMILES string of the molecule is CO[SiH](Cc1ccc(N([Si](C)(C)C)[Si](C)(C)C)cc1)OC. The zero-order valence-electron chi connectivity index (χ0n) is 14.9. The monoisotopic (exact) mass is 341 g/mol. The number of anilines is 1. The molecule has 0 bridgehead atoms. The van der Waals surface area contributed by atoms with Gasteiger partial charge in [0.2, 0.25) is 0 Å². The van der Waals surface area contributed by atoms with Crippen LogP contribution in [0, 0.1) is 0 Å². The first-order valence-electron chi connectivity index (χ1n) is 7.54. The molecule has 0 saturated carbocycles. The van der Waals surface area contributed by atoms with Crippen LogP contribution in [-0.4, -0.2) is 40.0 Å². The average Bonchev–Trinajstić information content (AvgIpc) is 2.34. The molecule has 0 aliphatic carbocycles. The summed E-state index contributed by atoms with van der Waals surface area (Å²) in [4.78, 5) is 0. The summed E-state index contributed by atoms with van der Waals surface area (Å²) < 4.78 is 13.6. The number of rotatable bonds is 7. The Hall–Kier alpha value is -0.409. The molecule has 0 atom stereocenters. The molecule has 0 heterocycles. The third kappa shape index (κ3) is 5.37. The van der Waals surface area contributed by atoms with Crippen LogP contribution in [0.5, 0.6) is 0 Å². The summed E-state index contributed by atoms with van der Waals surface area (Å²) in [5, 5.41) is 0. The fourth-order valence-electron chi connectivity index (χ4n) is 3.02. The first-order valence-corrected chi connectivity index (χ1v) is 16.2. The zero-order chi connectivity index (χ0) is 16.3. The minimum absolute atomic E-state index is 0.924. The Morgan fingerprint density at radius 3 is 1.62 bits per heavy atom. The van der Waals surface area contributed by atoms with E-state index in [4.69, 9.17) is 8.85 Å². The van der Waals surface area contributed by atoms with Gasteiger partial charge in [-0.1, -0.05) is 51.4 Å². The van der Waals surface area contributed by atoms with Gasteiger partial charge in [-0.05, 0) is 17.7 Å². The van der Waals surface area contributed by atoms with Crippen LogP contribution >= 0.6 is 0 Å². The molecule has 0 radical (unpaired) electrons. The van der Waals surface area contributed by atoms with Gasteiger partial charge in [0.15, 0.2) is 0 Å². The van der Waals surface area contributed by atoms with Gasteiger partial charge < -0.3 is 13.1 Å². The molecule has 0 aliphatic heterocycles. The van der Waals surface area contributed by atoms with Crippen molar-refractivity contribution in [2.75, 3.05) is 18.5 Å². The predicted octanol–water partition coefficient (Wildman–Crippen LogP) is 3.76. The quantitative estimate of drug-likeness (QED) is 0.705. The smallest absolute Gasteiger partial charge is 0.325 e. The molecule has 1 rings (SSSR count). The van der Waals surface area contributed by atoms with Crippen LogP contribution < -0.4 is 4.23 Å². The van der Waals surface area contributed by atoms with E-state index in [0.717, 1.165) is 6.04 Å². The first-order chi connectivity index (χ1) is 9.59. The summed E-state index contributed by atoms with van der Waals surface area (Å²) in [5.74, 6) is 0. The number of benzene rings is 1. The molecular formula is C15H31NO2Si3. The fourth-order valence-corrected chi connectivity index (χ4v) is 14.1. The maximum atomic E-state index is 5.41. The van der Waals surface area contributed by atoms with Crippen molar-refractivity contribution in [3.05, 3.63) is 29.8 Å². The molecular weight excluding hydrogens is 310 g/mol. The standard InChI is InChI=1S/C15H31NO2Si3/c1-17-19(18-2)13-14-9-11-15(12-10-14)16(20(3,4)5)21(6,7)8/h9-12,19H,13H2,1-8H3. The molecule has 3 nitrogen and oxygen atoms in total. The molecule has 0 N–H and O–H groups in total. The average molecular weight is 342 g/mol. The van der Waals surface area contributed by atoms with Crippen molar-refractivity contribution in [3.63, 3.8) is 0 Å². The Morgan fingerprint density at radius 1 is 0.857 bits per heavy atom. The van der Waals surface area contributed by atoms with Crippen molar-refractivity contribution in [1.82, 2.24) is 0 Å². The molecule has 0 spiro atoms. The second-order valence-corrected chi connectivity index (χ2v) is 19.7. The Bertz CT molecular complexity index is 420. The van der Waals surface area contributed by atoms with E-state index in [-0.39, 0.29) is 0 Å². The minimum Gasteiger partial charge on any atom is -0.425 e. The summed E-state index contributed by atoms with van der Waals surface area (Å²) in [6.07, 6.45) is 0. The summed E-state index contributed by atoms with van der Waals surface area (Å²) in [6, 6.07) is 9.96. The molecule has 0 unspecified atom stereocenters. The Kier molecular flexibility index (Phi) is 6.42. The summed E-state index contributed by atoms with van der Waals surface area (Å²) >= 11 is 0. The topological polar surface area (TPSA) is 21.7 Å². The van der Waals surface area contributed by atoms with Gasteiger partial charge in [0, 0.05) is 26.0 Å².